The molecule has 1 aliphatic rings. The van der Waals surface area contributed by atoms with Crippen LogP contribution >= 0.6 is 0 Å². The van der Waals surface area contributed by atoms with Gasteiger partial charge in [0.1, 0.15) is 11.6 Å². The minimum absolute atomic E-state index is 0.0382. The Hall–Kier alpha value is -5.22. The van der Waals surface area contributed by atoms with Crippen LogP contribution in [-0.4, -0.2) is 42.2 Å². The minimum atomic E-state index is -1.47. The molecule has 0 aromatic heterocycles. The fourth-order valence-corrected chi connectivity index (χ4v) is 5.36. The third kappa shape index (κ3) is 7.89. The molecule has 236 valence electrons. The molecule has 4 aromatic carbocycles. The van der Waals surface area contributed by atoms with Crippen molar-refractivity contribution < 1.29 is 23.8 Å². The van der Waals surface area contributed by atoms with Crippen LogP contribution in [-0.2, 0) is 28.9 Å². The van der Waals surface area contributed by atoms with Crippen molar-refractivity contribution in [2.45, 2.75) is 37.5 Å². The summed E-state index contributed by atoms with van der Waals surface area (Å²) >= 11 is 0. The molecule has 0 unspecified atom stereocenters. The highest BCUT2D eigenvalue weighted by molar-refractivity contribution is 6.01. The Morgan fingerprint density at radius 2 is 1.78 bits per heavy atom. The molecule has 0 radical (unpaired) electrons. The van der Waals surface area contributed by atoms with E-state index in [2.05, 4.69) is 20.9 Å². The summed E-state index contributed by atoms with van der Waals surface area (Å²) in [7, 11) is 0. The van der Waals surface area contributed by atoms with E-state index in [0.29, 0.717) is 48.4 Å². The Bertz CT molecular complexity index is 1700. The van der Waals surface area contributed by atoms with Crippen LogP contribution in [0.2, 0.25) is 0 Å². The van der Waals surface area contributed by atoms with E-state index in [1.807, 2.05) is 72.8 Å². The maximum atomic E-state index is 14.4. The number of nitrogens with one attached hydrogen (secondary N) is 2. The van der Waals surface area contributed by atoms with Gasteiger partial charge in [-0.2, -0.15) is 0 Å². The van der Waals surface area contributed by atoms with Crippen LogP contribution in [0.15, 0.2) is 113 Å². The Labute approximate surface area is 266 Å². The van der Waals surface area contributed by atoms with Gasteiger partial charge < -0.3 is 14.6 Å². The number of aliphatic hydroxyl groups is 1. The lowest BCUT2D eigenvalue weighted by molar-refractivity contribution is -0.130. The summed E-state index contributed by atoms with van der Waals surface area (Å²) in [6.07, 6.45) is 0.331. The quantitative estimate of drug-likeness (QED) is 0.0508. The van der Waals surface area contributed by atoms with E-state index < -0.39 is 17.6 Å². The number of aliphatic imine (C=N–C) groups is 1. The van der Waals surface area contributed by atoms with Gasteiger partial charge in [0.25, 0.3) is 5.91 Å². The summed E-state index contributed by atoms with van der Waals surface area (Å²) in [5.74, 6) is 0.164. The zero-order chi connectivity index (χ0) is 32.2. The number of hydrazine groups is 1. The van der Waals surface area contributed by atoms with Gasteiger partial charge >= 0.3 is 0 Å². The van der Waals surface area contributed by atoms with Crippen LogP contribution in [0.25, 0.3) is 10.4 Å². The van der Waals surface area contributed by atoms with Crippen LogP contribution in [0.3, 0.4) is 0 Å². The van der Waals surface area contributed by atoms with Crippen LogP contribution < -0.4 is 15.6 Å². The number of nitrogens with zero attached hydrogens (tertiary/aromatic N) is 4. The molecule has 10 nitrogen and oxygen atoms in total. The molecule has 46 heavy (non-hydrogen) atoms. The first-order valence-electron chi connectivity index (χ1n) is 15.0. The third-order valence-electron chi connectivity index (χ3n) is 7.62. The normalized spacial score (nSPS) is 17.0. The number of rotatable bonds is 15. The second-order valence-electron chi connectivity index (χ2n) is 10.8. The summed E-state index contributed by atoms with van der Waals surface area (Å²) in [5, 5.41) is 12.8. The van der Waals surface area contributed by atoms with Crippen LogP contribution in [0.5, 0.6) is 5.75 Å². The molecule has 0 saturated heterocycles. The molecule has 0 fully saturated rings. The highest BCUT2D eigenvalue weighted by Gasteiger charge is 2.53. The lowest BCUT2D eigenvalue weighted by atomic mass is 9.81. The van der Waals surface area contributed by atoms with Gasteiger partial charge in [0.2, 0.25) is 5.90 Å². The lowest BCUT2D eigenvalue weighted by Gasteiger charge is -2.31. The Balaban J connectivity index is 1.51. The van der Waals surface area contributed by atoms with Gasteiger partial charge in [0.15, 0.2) is 11.6 Å². The van der Waals surface area contributed by atoms with E-state index in [1.165, 1.54) is 12.1 Å². The van der Waals surface area contributed by atoms with Crippen molar-refractivity contribution in [3.05, 3.63) is 147 Å². The monoisotopic (exact) mass is 622 g/mol. The van der Waals surface area contributed by atoms with Gasteiger partial charge in [-0.05, 0) is 70.6 Å². The summed E-state index contributed by atoms with van der Waals surface area (Å²) in [4.78, 5) is 22.3. The topological polar surface area (TPSA) is 141 Å². The minimum Gasteiger partial charge on any atom is -0.494 e. The molecule has 2 atom stereocenters. The average molecular weight is 623 g/mol. The fraction of sp³-hybridized carbons (Fsp3) is 0.257. The molecule has 0 aliphatic carbocycles. The lowest BCUT2D eigenvalue weighted by Crippen LogP contribution is -2.54. The molecule has 1 amide bonds. The van der Waals surface area contributed by atoms with Gasteiger partial charge in [-0.15, -0.1) is 0 Å². The second-order valence-corrected chi connectivity index (χ2v) is 10.8. The van der Waals surface area contributed by atoms with E-state index in [1.54, 1.807) is 18.2 Å². The SMILES string of the molecule is [N-]=[N+]=NCc1ccccc1[C@@H]1OC(c2ccc(OCCCO)cc2)=N[C@]1(Cc1ccccc1)C(=O)NNCCc1cccc(F)c1. The van der Waals surface area contributed by atoms with E-state index >= 15 is 0 Å². The zero-order valence-electron chi connectivity index (χ0n) is 25.2. The van der Waals surface area contributed by atoms with Crippen molar-refractivity contribution in [1.82, 2.24) is 10.9 Å². The number of amides is 1. The number of hydrogen-bond acceptors (Lipinski definition) is 7. The predicted molar refractivity (Wildman–Crippen MR) is 172 cm³/mol. The molecule has 3 N–H and O–H groups in total. The molecule has 4 aromatic rings. The highest BCUT2D eigenvalue weighted by Crippen LogP contribution is 2.43. The van der Waals surface area contributed by atoms with Crippen molar-refractivity contribution in [1.29, 1.82) is 0 Å². The summed E-state index contributed by atoms with van der Waals surface area (Å²) in [6, 6.07) is 30.5. The number of carbonyl (C=O) groups is 1. The summed E-state index contributed by atoms with van der Waals surface area (Å²) in [5.41, 5.74) is 17.1. The number of hydrogen-bond donors (Lipinski definition) is 3. The smallest absolute Gasteiger partial charge is 0.266 e. The molecule has 1 aliphatic heterocycles. The summed E-state index contributed by atoms with van der Waals surface area (Å²) < 4.78 is 26.0. The zero-order valence-corrected chi connectivity index (χ0v) is 25.2. The number of benzene rings is 4. The molecule has 0 bridgehead atoms. The van der Waals surface area contributed by atoms with Crippen molar-refractivity contribution >= 4 is 11.8 Å². The van der Waals surface area contributed by atoms with E-state index in [0.717, 1.165) is 11.1 Å². The number of halogens is 1. The maximum Gasteiger partial charge on any atom is 0.266 e. The number of azide groups is 1. The van der Waals surface area contributed by atoms with E-state index in [4.69, 9.17) is 25.1 Å². The van der Waals surface area contributed by atoms with Gasteiger partial charge in [-0.25, -0.2) is 14.8 Å². The van der Waals surface area contributed by atoms with Crippen molar-refractivity contribution in [2.75, 3.05) is 19.8 Å². The van der Waals surface area contributed by atoms with E-state index in [-0.39, 0.29) is 31.3 Å². The number of ether oxygens (including phenoxy) is 2. The second kappa shape index (κ2) is 15.7. The molecule has 11 heteroatoms. The maximum absolute atomic E-state index is 14.4. The summed E-state index contributed by atoms with van der Waals surface area (Å²) in [6.45, 7) is 0.834. The van der Waals surface area contributed by atoms with Crippen LogP contribution in [0, 0.1) is 5.82 Å². The molecule has 5 rings (SSSR count). The molecular weight excluding hydrogens is 587 g/mol. The third-order valence-corrected chi connectivity index (χ3v) is 7.62. The number of carbonyl (C=O) groups excluding carboxylic acids is 1. The first-order chi connectivity index (χ1) is 22.5. The van der Waals surface area contributed by atoms with Crippen LogP contribution in [0.1, 0.15) is 40.3 Å². The molecule has 1 heterocycles. The molecular formula is C35H35FN6O4. The highest BCUT2D eigenvalue weighted by atomic mass is 19.1. The van der Waals surface area contributed by atoms with Crippen molar-refractivity contribution in [3.8, 4) is 5.75 Å². The standard InChI is InChI=1S/C35H35FN6O4/c36-29-12-6-10-25(22-29)18-19-38-41-34(44)35(23-26-8-2-1-3-9-26)32(31-13-5-4-11-28(31)24-39-42-37)46-33(40-35)27-14-16-30(17-15-27)45-21-7-20-43/h1-6,8-17,22,32,38,43H,7,18-21,23-24H2,(H,41,44)/t32-,35-/m0/s1. The van der Waals surface area contributed by atoms with Crippen molar-refractivity contribution in [2.24, 2.45) is 10.1 Å². The van der Waals surface area contributed by atoms with Gasteiger partial charge in [-0.3, -0.25) is 10.2 Å². The largest absolute Gasteiger partial charge is 0.494 e. The number of aliphatic hydroxyl groups excluding tert-OH is 1. The van der Waals surface area contributed by atoms with Gasteiger partial charge in [0.05, 0.1) is 13.2 Å². The Kier molecular flexibility index (Phi) is 11.0. The van der Waals surface area contributed by atoms with Gasteiger partial charge in [-0.1, -0.05) is 71.8 Å². The van der Waals surface area contributed by atoms with Gasteiger partial charge in [0, 0.05) is 36.5 Å². The first kappa shape index (κ1) is 32.2. The molecule has 0 spiro atoms. The predicted octanol–water partition coefficient (Wildman–Crippen LogP) is 5.76. The fourth-order valence-electron chi connectivity index (χ4n) is 5.36. The van der Waals surface area contributed by atoms with Crippen LogP contribution in [0.4, 0.5) is 4.39 Å². The van der Waals surface area contributed by atoms with Crippen molar-refractivity contribution in [3.63, 3.8) is 0 Å². The van der Waals surface area contributed by atoms with E-state index in [9.17, 15) is 9.18 Å². The average Bonchev–Trinajstić information content (AvgIpc) is 3.46. The first-order valence-corrected chi connectivity index (χ1v) is 15.0. The Morgan fingerprint density at radius 1 is 1.02 bits per heavy atom. The molecule has 0 saturated carbocycles. The Morgan fingerprint density at radius 3 is 2.54 bits per heavy atom.